The lowest BCUT2D eigenvalue weighted by atomic mass is 10.0. The molecule has 0 saturated carbocycles. The van der Waals surface area contributed by atoms with Crippen molar-refractivity contribution in [3.8, 4) is 0 Å². The second-order valence-corrected chi connectivity index (χ2v) is 9.57. The molecular weight excluding hydrogens is 499 g/mol. The lowest BCUT2D eigenvalue weighted by molar-refractivity contribution is 0.191. The lowest BCUT2D eigenvalue weighted by Gasteiger charge is -2.31. The van der Waals surface area contributed by atoms with Crippen LogP contribution in [0.3, 0.4) is 0 Å². The number of sulfone groups is 1. The molecule has 1 atom stereocenters. The molecule has 2 N–H and O–H groups in total. The fourth-order valence-corrected chi connectivity index (χ4v) is 3.94. The normalized spacial score (nSPS) is 13.3. The van der Waals surface area contributed by atoms with Crippen molar-refractivity contribution in [1.82, 2.24) is 15.5 Å². The van der Waals surface area contributed by atoms with Crippen LogP contribution in [0, 0.1) is 5.92 Å². The monoisotopic (exact) mass is 538 g/mol. The molecule has 0 aromatic heterocycles. The summed E-state index contributed by atoms with van der Waals surface area (Å²) in [6, 6.07) is 7.55. The zero-order valence-corrected chi connectivity index (χ0v) is 21.9. The Morgan fingerprint density at radius 3 is 2.14 bits per heavy atom. The minimum atomic E-state index is -3.14. The van der Waals surface area contributed by atoms with E-state index in [4.69, 9.17) is 0 Å². The average molecular weight is 539 g/mol. The number of likely N-dealkylation sites (N-methyl/N-ethyl adjacent to an activating group) is 1. The zero-order chi connectivity index (χ0) is 21.2. The van der Waals surface area contributed by atoms with E-state index in [2.05, 4.69) is 48.2 Å². The van der Waals surface area contributed by atoms with Crippen LogP contribution in [0.1, 0.15) is 39.7 Å². The van der Waals surface area contributed by atoms with Gasteiger partial charge in [-0.05, 0) is 49.5 Å². The number of nitrogens with one attached hydrogen (secondary N) is 2. The van der Waals surface area contributed by atoms with Crippen molar-refractivity contribution >= 4 is 39.8 Å². The van der Waals surface area contributed by atoms with Crippen molar-refractivity contribution in [2.45, 2.75) is 51.5 Å². The van der Waals surface area contributed by atoms with E-state index in [0.29, 0.717) is 16.9 Å². The van der Waals surface area contributed by atoms with Crippen LogP contribution in [0.5, 0.6) is 0 Å². The minimum Gasteiger partial charge on any atom is -0.356 e. The smallest absolute Gasteiger partial charge is 0.191 e. The Labute approximate surface area is 194 Å². The number of rotatable bonds is 11. The number of hydrogen-bond donors (Lipinski definition) is 2. The molecule has 0 amide bonds. The molecule has 0 aliphatic heterocycles. The van der Waals surface area contributed by atoms with Crippen LogP contribution in [-0.2, 0) is 16.3 Å². The molecule has 0 bridgehead atoms. The number of aliphatic imine (C=N–C) groups is 1. The van der Waals surface area contributed by atoms with Crippen LogP contribution in [-0.4, -0.2) is 64.8 Å². The molecule has 0 fully saturated rings. The standard InChI is InChI=1S/C21H38N4O2S.HI/c1-7-25(8-2)19(15-17(3)4)16-24-21(22-5)23-14-13-18-9-11-20(12-10-18)28(6,26)27;/h9-12,17,19H,7-8,13-16H2,1-6H3,(H2,22,23,24);1H. The van der Waals surface area contributed by atoms with Crippen LogP contribution >= 0.6 is 24.0 Å². The third kappa shape index (κ3) is 10.6. The van der Waals surface area contributed by atoms with Crippen molar-refractivity contribution in [2.24, 2.45) is 10.9 Å². The van der Waals surface area contributed by atoms with Gasteiger partial charge in [-0.3, -0.25) is 9.89 Å². The number of halogens is 1. The van der Waals surface area contributed by atoms with E-state index in [-0.39, 0.29) is 24.0 Å². The Hall–Kier alpha value is -0.870. The van der Waals surface area contributed by atoms with Gasteiger partial charge in [0, 0.05) is 32.4 Å². The van der Waals surface area contributed by atoms with Crippen LogP contribution in [0.15, 0.2) is 34.2 Å². The van der Waals surface area contributed by atoms with Crippen LogP contribution < -0.4 is 10.6 Å². The van der Waals surface area contributed by atoms with Gasteiger partial charge >= 0.3 is 0 Å². The van der Waals surface area contributed by atoms with Crippen molar-refractivity contribution < 1.29 is 8.42 Å². The summed E-state index contributed by atoms with van der Waals surface area (Å²) in [5, 5.41) is 6.81. The van der Waals surface area contributed by atoms with E-state index in [1.165, 1.54) is 6.26 Å². The Bertz CT molecular complexity index is 702. The molecule has 8 heteroatoms. The maximum absolute atomic E-state index is 11.5. The van der Waals surface area contributed by atoms with Crippen LogP contribution in [0.25, 0.3) is 0 Å². The minimum absolute atomic E-state index is 0. The zero-order valence-electron chi connectivity index (χ0n) is 18.7. The van der Waals surface area contributed by atoms with Gasteiger partial charge in [0.2, 0.25) is 0 Å². The van der Waals surface area contributed by atoms with E-state index in [9.17, 15) is 8.42 Å². The molecule has 0 aliphatic carbocycles. The summed E-state index contributed by atoms with van der Waals surface area (Å²) in [5.74, 6) is 1.45. The van der Waals surface area contributed by atoms with Gasteiger partial charge in [0.25, 0.3) is 0 Å². The third-order valence-electron chi connectivity index (χ3n) is 4.86. The molecule has 0 aliphatic rings. The van der Waals surface area contributed by atoms with Gasteiger partial charge in [-0.15, -0.1) is 24.0 Å². The highest BCUT2D eigenvalue weighted by atomic mass is 127. The highest BCUT2D eigenvalue weighted by Crippen LogP contribution is 2.11. The third-order valence-corrected chi connectivity index (χ3v) is 5.99. The van der Waals surface area contributed by atoms with E-state index in [1.807, 2.05) is 12.1 Å². The topological polar surface area (TPSA) is 73.8 Å². The molecule has 29 heavy (non-hydrogen) atoms. The van der Waals surface area contributed by atoms with Crippen molar-refractivity contribution in [3.05, 3.63) is 29.8 Å². The Kier molecular flexibility index (Phi) is 13.8. The summed E-state index contributed by atoms with van der Waals surface area (Å²) >= 11 is 0. The number of hydrogen-bond acceptors (Lipinski definition) is 4. The predicted molar refractivity (Wildman–Crippen MR) is 134 cm³/mol. The number of guanidine groups is 1. The molecule has 0 heterocycles. The quantitative estimate of drug-likeness (QED) is 0.257. The first-order valence-corrected chi connectivity index (χ1v) is 12.1. The van der Waals surface area contributed by atoms with E-state index < -0.39 is 9.84 Å². The van der Waals surface area contributed by atoms with Gasteiger partial charge < -0.3 is 10.6 Å². The molecule has 1 unspecified atom stereocenters. The first kappa shape index (κ1) is 28.1. The van der Waals surface area contributed by atoms with Gasteiger partial charge in [0.05, 0.1) is 4.90 Å². The Balaban J connectivity index is 0.00000784. The molecule has 6 nitrogen and oxygen atoms in total. The molecular formula is C21H39IN4O2S. The first-order chi connectivity index (χ1) is 13.2. The van der Waals surface area contributed by atoms with Crippen LogP contribution in [0.4, 0.5) is 0 Å². The van der Waals surface area contributed by atoms with Gasteiger partial charge in [-0.2, -0.15) is 0 Å². The van der Waals surface area contributed by atoms with Crippen LogP contribution in [0.2, 0.25) is 0 Å². The molecule has 0 spiro atoms. The molecule has 1 rings (SSSR count). The van der Waals surface area contributed by atoms with Crippen molar-refractivity contribution in [1.29, 1.82) is 0 Å². The Morgan fingerprint density at radius 2 is 1.69 bits per heavy atom. The van der Waals surface area contributed by atoms with E-state index in [1.54, 1.807) is 19.2 Å². The van der Waals surface area contributed by atoms with Gasteiger partial charge in [0.1, 0.15) is 0 Å². The van der Waals surface area contributed by atoms with Gasteiger partial charge in [-0.25, -0.2) is 8.42 Å². The van der Waals surface area contributed by atoms with E-state index >= 15 is 0 Å². The van der Waals surface area contributed by atoms with E-state index in [0.717, 1.165) is 50.5 Å². The molecule has 1 aromatic rings. The highest BCUT2D eigenvalue weighted by molar-refractivity contribution is 14.0. The summed E-state index contributed by atoms with van der Waals surface area (Å²) in [7, 11) is -1.36. The fraction of sp³-hybridized carbons (Fsp3) is 0.667. The molecule has 1 aromatic carbocycles. The van der Waals surface area contributed by atoms with Crippen molar-refractivity contribution in [3.63, 3.8) is 0 Å². The predicted octanol–water partition coefficient (Wildman–Crippen LogP) is 3.17. The summed E-state index contributed by atoms with van der Waals surface area (Å²) in [5.41, 5.74) is 1.09. The molecule has 0 radical (unpaired) electrons. The molecule has 168 valence electrons. The summed E-state index contributed by atoms with van der Waals surface area (Å²) in [4.78, 5) is 7.17. The first-order valence-electron chi connectivity index (χ1n) is 10.2. The summed E-state index contributed by atoms with van der Waals surface area (Å²) < 4.78 is 23.1. The lowest BCUT2D eigenvalue weighted by Crippen LogP contribution is -2.48. The maximum Gasteiger partial charge on any atom is 0.191 e. The van der Waals surface area contributed by atoms with Crippen molar-refractivity contribution in [2.75, 3.05) is 39.5 Å². The Morgan fingerprint density at radius 1 is 1.10 bits per heavy atom. The summed E-state index contributed by atoms with van der Waals surface area (Å²) in [6.45, 7) is 12.6. The maximum atomic E-state index is 11.5. The largest absolute Gasteiger partial charge is 0.356 e. The number of nitrogens with zero attached hydrogens (tertiary/aromatic N) is 2. The summed E-state index contributed by atoms with van der Waals surface area (Å²) in [6.07, 6.45) is 3.18. The number of benzene rings is 1. The SMILES string of the molecule is CCN(CC)C(CNC(=NC)NCCc1ccc(S(C)(=O)=O)cc1)CC(C)C.I. The van der Waals surface area contributed by atoms with Gasteiger partial charge in [0.15, 0.2) is 15.8 Å². The average Bonchev–Trinajstić information content (AvgIpc) is 2.64. The molecule has 0 saturated heterocycles. The van der Waals surface area contributed by atoms with Gasteiger partial charge in [-0.1, -0.05) is 39.8 Å². The second-order valence-electron chi connectivity index (χ2n) is 7.55. The fourth-order valence-electron chi connectivity index (χ4n) is 3.31. The second kappa shape index (κ2) is 14.2. The highest BCUT2D eigenvalue weighted by Gasteiger charge is 2.17.